The first-order valence-corrected chi connectivity index (χ1v) is 5.08. The fourth-order valence-electron chi connectivity index (χ4n) is 1.01. The van der Waals surface area contributed by atoms with E-state index in [4.69, 9.17) is 19.5 Å². The minimum atomic E-state index is -0.634. The second kappa shape index (κ2) is 6.75. The van der Waals surface area contributed by atoms with Crippen molar-refractivity contribution in [3.63, 3.8) is 0 Å². The van der Waals surface area contributed by atoms with Crippen LogP contribution < -0.4 is 0 Å². The van der Waals surface area contributed by atoms with Gasteiger partial charge in [-0.1, -0.05) is 0 Å². The second-order valence-electron chi connectivity index (χ2n) is 3.65. The lowest BCUT2D eigenvalue weighted by Crippen LogP contribution is -2.25. The summed E-state index contributed by atoms with van der Waals surface area (Å²) in [6, 6.07) is 2.00. The Balaban J connectivity index is 1.92. The molecular formula is C10H17NO4. The van der Waals surface area contributed by atoms with E-state index in [1.807, 2.05) is 6.07 Å². The van der Waals surface area contributed by atoms with Crippen molar-refractivity contribution in [3.05, 3.63) is 0 Å². The van der Waals surface area contributed by atoms with Crippen molar-refractivity contribution < 1.29 is 19.3 Å². The van der Waals surface area contributed by atoms with E-state index < -0.39 is 6.10 Å². The second-order valence-corrected chi connectivity index (χ2v) is 3.65. The first kappa shape index (κ1) is 12.4. The average Bonchev–Trinajstić information content (AvgIpc) is 2.99. The molecule has 3 unspecified atom stereocenters. The maximum Gasteiger partial charge on any atom is 0.104 e. The summed E-state index contributed by atoms with van der Waals surface area (Å²) in [5.74, 6) is 0. The standard InChI is InChI=1S/C10H17NO4/c1-8(2-3-11)14-5-9(12)4-13-6-10-7-15-10/h8-10,12H,2,4-7H2,1H3. The molecule has 0 spiro atoms. The van der Waals surface area contributed by atoms with Crippen molar-refractivity contribution in [1.82, 2.24) is 0 Å². The molecule has 0 aromatic heterocycles. The van der Waals surface area contributed by atoms with Gasteiger partial charge in [0.25, 0.3) is 0 Å². The van der Waals surface area contributed by atoms with E-state index in [0.717, 1.165) is 6.61 Å². The number of aliphatic hydroxyl groups excluding tert-OH is 1. The molecule has 1 saturated heterocycles. The molecule has 0 amide bonds. The zero-order valence-corrected chi connectivity index (χ0v) is 8.89. The predicted octanol–water partition coefficient (Wildman–Crippen LogP) is 0.0815. The number of rotatable bonds is 8. The third-order valence-electron chi connectivity index (χ3n) is 1.97. The molecule has 5 heteroatoms. The van der Waals surface area contributed by atoms with Gasteiger partial charge in [-0.15, -0.1) is 0 Å². The number of hydrogen-bond donors (Lipinski definition) is 1. The average molecular weight is 215 g/mol. The molecule has 1 fully saturated rings. The van der Waals surface area contributed by atoms with Gasteiger partial charge in [-0.25, -0.2) is 0 Å². The van der Waals surface area contributed by atoms with Crippen molar-refractivity contribution in [2.75, 3.05) is 26.4 Å². The van der Waals surface area contributed by atoms with Crippen LogP contribution in [-0.2, 0) is 14.2 Å². The third kappa shape index (κ3) is 6.42. The predicted molar refractivity (Wildman–Crippen MR) is 52.2 cm³/mol. The lowest BCUT2D eigenvalue weighted by molar-refractivity contribution is -0.0403. The summed E-state index contributed by atoms with van der Waals surface area (Å²) in [7, 11) is 0. The van der Waals surface area contributed by atoms with Gasteiger partial charge in [0.05, 0.1) is 45.0 Å². The van der Waals surface area contributed by atoms with Gasteiger partial charge >= 0.3 is 0 Å². The summed E-state index contributed by atoms with van der Waals surface area (Å²) in [6.07, 6.45) is -0.222. The number of nitriles is 1. The van der Waals surface area contributed by atoms with Crippen LogP contribution in [0.4, 0.5) is 0 Å². The molecule has 0 aromatic rings. The van der Waals surface area contributed by atoms with Crippen LogP contribution in [0.5, 0.6) is 0 Å². The van der Waals surface area contributed by atoms with Crippen molar-refractivity contribution in [2.24, 2.45) is 0 Å². The zero-order chi connectivity index (χ0) is 11.1. The molecule has 1 aliphatic heterocycles. The minimum Gasteiger partial charge on any atom is -0.388 e. The van der Waals surface area contributed by atoms with E-state index in [1.54, 1.807) is 6.92 Å². The van der Waals surface area contributed by atoms with Gasteiger partial charge in [0.15, 0.2) is 0 Å². The van der Waals surface area contributed by atoms with Gasteiger partial charge < -0.3 is 19.3 Å². The molecule has 1 heterocycles. The van der Waals surface area contributed by atoms with E-state index in [-0.39, 0.29) is 25.4 Å². The van der Waals surface area contributed by atoms with Crippen LogP contribution in [0.15, 0.2) is 0 Å². The van der Waals surface area contributed by atoms with Crippen LogP contribution >= 0.6 is 0 Å². The van der Waals surface area contributed by atoms with E-state index in [1.165, 1.54) is 0 Å². The Morgan fingerprint density at radius 3 is 2.93 bits per heavy atom. The van der Waals surface area contributed by atoms with E-state index in [0.29, 0.717) is 13.0 Å². The molecule has 15 heavy (non-hydrogen) atoms. The highest BCUT2D eigenvalue weighted by Crippen LogP contribution is 2.08. The topological polar surface area (TPSA) is 75.0 Å². The van der Waals surface area contributed by atoms with Crippen molar-refractivity contribution in [1.29, 1.82) is 5.26 Å². The Morgan fingerprint density at radius 2 is 2.33 bits per heavy atom. The maximum absolute atomic E-state index is 9.43. The van der Waals surface area contributed by atoms with Crippen LogP contribution in [0, 0.1) is 11.3 Å². The maximum atomic E-state index is 9.43. The van der Waals surface area contributed by atoms with E-state index in [9.17, 15) is 5.11 Å². The highest BCUT2D eigenvalue weighted by atomic mass is 16.6. The molecule has 0 bridgehead atoms. The number of ether oxygens (including phenoxy) is 3. The molecular weight excluding hydrogens is 198 g/mol. The first-order chi connectivity index (χ1) is 7.22. The largest absolute Gasteiger partial charge is 0.388 e. The Hall–Kier alpha value is -0.670. The van der Waals surface area contributed by atoms with Crippen LogP contribution in [0.1, 0.15) is 13.3 Å². The smallest absolute Gasteiger partial charge is 0.104 e. The summed E-state index contributed by atoms with van der Waals surface area (Å²) in [4.78, 5) is 0. The van der Waals surface area contributed by atoms with Crippen LogP contribution in [0.25, 0.3) is 0 Å². The third-order valence-corrected chi connectivity index (χ3v) is 1.97. The molecule has 86 valence electrons. The van der Waals surface area contributed by atoms with Crippen molar-refractivity contribution >= 4 is 0 Å². The number of nitrogens with zero attached hydrogens (tertiary/aromatic N) is 1. The van der Waals surface area contributed by atoms with E-state index in [2.05, 4.69) is 0 Å². The van der Waals surface area contributed by atoms with Gasteiger partial charge in [0, 0.05) is 0 Å². The molecule has 0 saturated carbocycles. The fourth-order valence-corrected chi connectivity index (χ4v) is 1.01. The normalized spacial score (nSPS) is 23.1. The zero-order valence-electron chi connectivity index (χ0n) is 8.89. The van der Waals surface area contributed by atoms with Crippen molar-refractivity contribution in [3.8, 4) is 6.07 Å². The lowest BCUT2D eigenvalue weighted by atomic mass is 10.3. The molecule has 0 radical (unpaired) electrons. The highest BCUT2D eigenvalue weighted by molar-refractivity contribution is 4.73. The minimum absolute atomic E-state index is 0.142. The monoisotopic (exact) mass is 215 g/mol. The lowest BCUT2D eigenvalue weighted by Gasteiger charge is -2.14. The summed E-state index contributed by atoms with van der Waals surface area (Å²) in [6.45, 7) is 3.54. The quantitative estimate of drug-likeness (QED) is 0.580. The van der Waals surface area contributed by atoms with Gasteiger partial charge in [0.2, 0.25) is 0 Å². The van der Waals surface area contributed by atoms with Gasteiger partial charge in [-0.3, -0.25) is 0 Å². The summed E-state index contributed by atoms with van der Waals surface area (Å²) < 4.78 is 15.4. The summed E-state index contributed by atoms with van der Waals surface area (Å²) >= 11 is 0. The van der Waals surface area contributed by atoms with E-state index >= 15 is 0 Å². The molecule has 1 N–H and O–H groups in total. The van der Waals surface area contributed by atoms with Crippen molar-refractivity contribution in [2.45, 2.75) is 31.7 Å². The Bertz CT molecular complexity index is 212. The molecule has 0 aliphatic carbocycles. The summed E-state index contributed by atoms with van der Waals surface area (Å²) in [5.41, 5.74) is 0. The Labute approximate surface area is 89.5 Å². The van der Waals surface area contributed by atoms with Gasteiger partial charge in [0.1, 0.15) is 12.2 Å². The van der Waals surface area contributed by atoms with Crippen LogP contribution in [0.3, 0.4) is 0 Å². The number of aliphatic hydroxyl groups is 1. The Kier molecular flexibility index (Phi) is 5.58. The molecule has 3 atom stereocenters. The molecule has 5 nitrogen and oxygen atoms in total. The SMILES string of the molecule is CC(CC#N)OCC(O)COCC1CO1. The highest BCUT2D eigenvalue weighted by Gasteiger charge is 2.22. The summed E-state index contributed by atoms with van der Waals surface area (Å²) in [5, 5.41) is 17.8. The van der Waals surface area contributed by atoms with Crippen LogP contribution in [-0.4, -0.2) is 49.8 Å². The van der Waals surface area contributed by atoms with Gasteiger partial charge in [-0.05, 0) is 6.92 Å². The number of epoxide rings is 1. The first-order valence-electron chi connectivity index (χ1n) is 5.08. The molecule has 1 rings (SSSR count). The molecule has 1 aliphatic rings. The van der Waals surface area contributed by atoms with Gasteiger partial charge in [-0.2, -0.15) is 5.26 Å². The number of hydrogen-bond acceptors (Lipinski definition) is 5. The molecule has 0 aromatic carbocycles. The van der Waals surface area contributed by atoms with Crippen LogP contribution in [0.2, 0.25) is 0 Å². The Morgan fingerprint density at radius 1 is 1.60 bits per heavy atom. The fraction of sp³-hybridized carbons (Fsp3) is 0.900.